The van der Waals surface area contributed by atoms with Crippen molar-refractivity contribution in [2.45, 2.75) is 44.2 Å². The van der Waals surface area contributed by atoms with Crippen LogP contribution in [0, 0.1) is 11.3 Å². The number of hydrogen-bond acceptors (Lipinski definition) is 2. The Morgan fingerprint density at radius 3 is 2.85 bits per heavy atom. The van der Waals surface area contributed by atoms with E-state index in [1.807, 2.05) is 0 Å². The van der Waals surface area contributed by atoms with E-state index in [0.717, 1.165) is 32.1 Å². The topological polar surface area (TPSA) is 56.1 Å². The van der Waals surface area contributed by atoms with E-state index >= 15 is 0 Å². The Kier molecular flexibility index (Phi) is 3.56. The molecular weight excluding hydrogens is 188 g/mol. The van der Waals surface area contributed by atoms with E-state index in [1.54, 1.807) is 0 Å². The standard InChI is InChI=1S/C9H16N2O.ClH/c10-9-5-4-6-7(11-9)2-1-3-8(6)12;/h6-8,12H,1-5H2,(H2,10,11);1H/t6-,7-,8?;/m1./s1. The van der Waals surface area contributed by atoms with Gasteiger partial charge in [-0.3, -0.25) is 5.41 Å². The molecule has 4 heteroatoms. The van der Waals surface area contributed by atoms with Crippen molar-refractivity contribution in [2.75, 3.05) is 0 Å². The lowest BCUT2D eigenvalue weighted by molar-refractivity contribution is 0.0435. The third kappa shape index (κ3) is 2.15. The molecule has 1 heterocycles. The van der Waals surface area contributed by atoms with Crippen LogP contribution >= 0.6 is 12.4 Å². The van der Waals surface area contributed by atoms with Crippen molar-refractivity contribution in [3.63, 3.8) is 0 Å². The summed E-state index contributed by atoms with van der Waals surface area (Å²) >= 11 is 0. The molecule has 3 atom stereocenters. The Bertz CT molecular complexity index is 198. The van der Waals surface area contributed by atoms with Crippen molar-refractivity contribution in [2.24, 2.45) is 5.92 Å². The summed E-state index contributed by atoms with van der Waals surface area (Å²) in [4.78, 5) is 0. The van der Waals surface area contributed by atoms with E-state index in [2.05, 4.69) is 5.32 Å². The van der Waals surface area contributed by atoms with Crippen molar-refractivity contribution in [1.82, 2.24) is 5.32 Å². The summed E-state index contributed by atoms with van der Waals surface area (Å²) < 4.78 is 0. The molecule has 2 aliphatic rings. The van der Waals surface area contributed by atoms with E-state index in [0.29, 0.717) is 17.8 Å². The van der Waals surface area contributed by atoms with Crippen LogP contribution in [0.4, 0.5) is 0 Å². The fraction of sp³-hybridized carbons (Fsp3) is 0.889. The van der Waals surface area contributed by atoms with Crippen LogP contribution in [0.1, 0.15) is 32.1 Å². The maximum atomic E-state index is 9.68. The van der Waals surface area contributed by atoms with Crippen molar-refractivity contribution >= 4 is 18.2 Å². The van der Waals surface area contributed by atoms with Crippen LogP contribution in [0.15, 0.2) is 0 Å². The zero-order valence-electron chi connectivity index (χ0n) is 7.62. The number of fused-ring (bicyclic) bond motifs is 1. The van der Waals surface area contributed by atoms with Gasteiger partial charge in [-0.1, -0.05) is 0 Å². The molecule has 3 N–H and O–H groups in total. The predicted molar refractivity (Wildman–Crippen MR) is 54.5 cm³/mol. The average Bonchev–Trinajstić information content (AvgIpc) is 2.04. The van der Waals surface area contributed by atoms with Gasteiger partial charge in [0.1, 0.15) is 0 Å². The first-order chi connectivity index (χ1) is 5.77. The largest absolute Gasteiger partial charge is 0.393 e. The zero-order valence-corrected chi connectivity index (χ0v) is 8.44. The van der Waals surface area contributed by atoms with Crippen LogP contribution in [0.5, 0.6) is 0 Å². The van der Waals surface area contributed by atoms with Crippen LogP contribution < -0.4 is 5.32 Å². The van der Waals surface area contributed by atoms with Gasteiger partial charge in [0.05, 0.1) is 11.9 Å². The number of piperidine rings is 1. The Morgan fingerprint density at radius 2 is 2.08 bits per heavy atom. The minimum atomic E-state index is -0.121. The summed E-state index contributed by atoms with van der Waals surface area (Å²) in [6.07, 6.45) is 4.88. The minimum Gasteiger partial charge on any atom is -0.393 e. The van der Waals surface area contributed by atoms with Gasteiger partial charge < -0.3 is 10.4 Å². The van der Waals surface area contributed by atoms with Gasteiger partial charge in [-0.2, -0.15) is 0 Å². The molecular formula is C9H17ClN2O. The summed E-state index contributed by atoms with van der Waals surface area (Å²) in [6, 6.07) is 0.384. The highest BCUT2D eigenvalue weighted by molar-refractivity contribution is 5.85. The smallest absolute Gasteiger partial charge is 0.0933 e. The molecule has 1 aliphatic heterocycles. The lowest BCUT2D eigenvalue weighted by atomic mass is 9.77. The number of rotatable bonds is 0. The van der Waals surface area contributed by atoms with Gasteiger partial charge in [-0.15, -0.1) is 12.4 Å². The fourth-order valence-corrected chi connectivity index (χ4v) is 2.42. The zero-order chi connectivity index (χ0) is 8.55. The number of hydrogen-bond donors (Lipinski definition) is 3. The fourth-order valence-electron chi connectivity index (χ4n) is 2.42. The molecule has 0 bridgehead atoms. The number of nitrogens with one attached hydrogen (secondary N) is 2. The Labute approximate surface area is 84.8 Å². The summed E-state index contributed by atoms with van der Waals surface area (Å²) in [5.41, 5.74) is 0. The van der Waals surface area contributed by atoms with Crippen molar-refractivity contribution < 1.29 is 5.11 Å². The number of aliphatic hydroxyl groups excluding tert-OH is 1. The van der Waals surface area contributed by atoms with Crippen molar-refractivity contribution in [3.05, 3.63) is 0 Å². The highest BCUT2D eigenvalue weighted by Gasteiger charge is 2.34. The lowest BCUT2D eigenvalue weighted by Gasteiger charge is -2.40. The second kappa shape index (κ2) is 4.29. The maximum absolute atomic E-state index is 9.68. The first kappa shape index (κ1) is 10.8. The SMILES string of the molecule is Cl.N=C1CC[C@H]2C(O)CCC[C@H]2N1. The van der Waals surface area contributed by atoms with Crippen molar-refractivity contribution in [3.8, 4) is 0 Å². The Balaban J connectivity index is 0.000000845. The summed E-state index contributed by atoms with van der Waals surface area (Å²) in [6.45, 7) is 0. The Hall–Kier alpha value is -0.280. The van der Waals surface area contributed by atoms with Gasteiger partial charge in [0.2, 0.25) is 0 Å². The molecule has 1 aliphatic carbocycles. The monoisotopic (exact) mass is 204 g/mol. The molecule has 76 valence electrons. The predicted octanol–water partition coefficient (Wildman–Crippen LogP) is 1.30. The van der Waals surface area contributed by atoms with Crippen LogP contribution in [0.2, 0.25) is 0 Å². The lowest BCUT2D eigenvalue weighted by Crippen LogP contribution is -2.50. The first-order valence-electron chi connectivity index (χ1n) is 4.79. The van der Waals surface area contributed by atoms with E-state index in [9.17, 15) is 5.11 Å². The average molecular weight is 205 g/mol. The maximum Gasteiger partial charge on any atom is 0.0933 e. The van der Waals surface area contributed by atoms with Gasteiger partial charge in [0.25, 0.3) is 0 Å². The van der Waals surface area contributed by atoms with E-state index < -0.39 is 0 Å². The van der Waals surface area contributed by atoms with E-state index in [1.165, 1.54) is 0 Å². The molecule has 0 aromatic rings. The van der Waals surface area contributed by atoms with Gasteiger partial charge >= 0.3 is 0 Å². The van der Waals surface area contributed by atoms with Gasteiger partial charge in [-0.05, 0) is 25.7 Å². The van der Waals surface area contributed by atoms with Gasteiger partial charge in [0.15, 0.2) is 0 Å². The molecule has 0 radical (unpaired) electrons. The summed E-state index contributed by atoms with van der Waals surface area (Å²) in [7, 11) is 0. The van der Waals surface area contributed by atoms with Crippen LogP contribution in [-0.4, -0.2) is 23.1 Å². The molecule has 2 rings (SSSR count). The van der Waals surface area contributed by atoms with Gasteiger partial charge in [0, 0.05) is 18.4 Å². The quantitative estimate of drug-likeness (QED) is 0.557. The second-order valence-electron chi connectivity index (χ2n) is 3.93. The summed E-state index contributed by atoms with van der Waals surface area (Å²) in [5, 5.41) is 20.3. The van der Waals surface area contributed by atoms with Crippen molar-refractivity contribution in [1.29, 1.82) is 5.41 Å². The molecule has 3 nitrogen and oxygen atoms in total. The number of amidine groups is 1. The molecule has 1 saturated heterocycles. The second-order valence-corrected chi connectivity index (χ2v) is 3.93. The first-order valence-corrected chi connectivity index (χ1v) is 4.79. The number of aliphatic hydroxyl groups is 1. The molecule has 0 amide bonds. The summed E-state index contributed by atoms with van der Waals surface area (Å²) in [5.74, 6) is 1.07. The van der Waals surface area contributed by atoms with Crippen LogP contribution in [-0.2, 0) is 0 Å². The number of halogens is 1. The molecule has 0 aromatic carbocycles. The van der Waals surface area contributed by atoms with Gasteiger partial charge in [-0.25, -0.2) is 0 Å². The third-order valence-electron chi connectivity index (χ3n) is 3.11. The van der Waals surface area contributed by atoms with E-state index in [-0.39, 0.29) is 18.5 Å². The molecule has 13 heavy (non-hydrogen) atoms. The molecule has 0 spiro atoms. The van der Waals surface area contributed by atoms with Crippen LogP contribution in [0.3, 0.4) is 0 Å². The molecule has 1 saturated carbocycles. The Morgan fingerprint density at radius 1 is 1.31 bits per heavy atom. The van der Waals surface area contributed by atoms with E-state index in [4.69, 9.17) is 5.41 Å². The molecule has 0 aromatic heterocycles. The highest BCUT2D eigenvalue weighted by atomic mass is 35.5. The highest BCUT2D eigenvalue weighted by Crippen LogP contribution is 2.31. The third-order valence-corrected chi connectivity index (χ3v) is 3.11. The normalized spacial score (nSPS) is 38.5. The van der Waals surface area contributed by atoms with Crippen LogP contribution in [0.25, 0.3) is 0 Å². The molecule has 1 unspecified atom stereocenters. The molecule has 2 fully saturated rings. The minimum absolute atomic E-state index is 0.